The van der Waals surface area contributed by atoms with Gasteiger partial charge in [0.1, 0.15) is 0 Å². The van der Waals surface area contributed by atoms with Gasteiger partial charge in [-0.2, -0.15) is 13.5 Å². The lowest BCUT2D eigenvalue weighted by Gasteiger charge is -2.14. The first kappa shape index (κ1) is 34.8. The van der Waals surface area contributed by atoms with Crippen molar-refractivity contribution in [3.63, 3.8) is 0 Å². The van der Waals surface area contributed by atoms with Crippen molar-refractivity contribution in [2.45, 2.75) is 9.79 Å². The number of sulfonamides is 2. The van der Waals surface area contributed by atoms with Crippen molar-refractivity contribution in [2.24, 2.45) is 0 Å². The maximum absolute atomic E-state index is 12.1. The highest BCUT2D eigenvalue weighted by Gasteiger charge is 2.20. The molecule has 0 saturated carbocycles. The van der Waals surface area contributed by atoms with E-state index in [4.69, 9.17) is 11.5 Å². The third-order valence-electron chi connectivity index (χ3n) is 5.93. The number of nitrogen functional groups attached to an aromatic ring is 2. The maximum atomic E-state index is 12.1. The van der Waals surface area contributed by atoms with E-state index in [-0.39, 0.29) is 23.3 Å². The van der Waals surface area contributed by atoms with Crippen LogP contribution in [-0.2, 0) is 20.0 Å². The molecule has 0 aliphatic carbocycles. The standard InChI is InChI=1S/2C14H15BrN2O2S.H2S/c2*1-17(2)20(18,19)10-7-8-12(14(16)9-10)11-5-3-4-6-13(11)15;/h2*3-9H,16H2,1-2H3;1H2. The average molecular weight is 745 g/mol. The van der Waals surface area contributed by atoms with Crippen LogP contribution < -0.4 is 11.5 Å². The summed E-state index contributed by atoms with van der Waals surface area (Å²) < 4.78 is 52.4. The molecule has 220 valence electrons. The van der Waals surface area contributed by atoms with Crippen LogP contribution in [0.25, 0.3) is 22.3 Å². The van der Waals surface area contributed by atoms with Crippen LogP contribution >= 0.6 is 45.4 Å². The second-order valence-electron chi connectivity index (χ2n) is 9.03. The minimum atomic E-state index is -3.47. The summed E-state index contributed by atoms with van der Waals surface area (Å²) in [5.41, 5.74) is 16.4. The topological polar surface area (TPSA) is 127 Å². The van der Waals surface area contributed by atoms with E-state index >= 15 is 0 Å². The first-order valence-electron chi connectivity index (χ1n) is 11.8. The Bertz CT molecular complexity index is 1620. The summed E-state index contributed by atoms with van der Waals surface area (Å²) in [7, 11) is -0.961. The second-order valence-corrected chi connectivity index (χ2v) is 15.0. The molecule has 41 heavy (non-hydrogen) atoms. The highest BCUT2D eigenvalue weighted by molar-refractivity contribution is 9.11. The summed E-state index contributed by atoms with van der Waals surface area (Å²) in [6, 6.07) is 24.9. The van der Waals surface area contributed by atoms with E-state index in [9.17, 15) is 16.8 Å². The quantitative estimate of drug-likeness (QED) is 0.233. The maximum Gasteiger partial charge on any atom is 0.242 e. The van der Waals surface area contributed by atoms with E-state index in [0.29, 0.717) is 11.4 Å². The minimum Gasteiger partial charge on any atom is -0.398 e. The molecular formula is C28H32Br2N4O4S3. The number of anilines is 2. The van der Waals surface area contributed by atoms with Crippen LogP contribution in [0, 0.1) is 0 Å². The highest BCUT2D eigenvalue weighted by atomic mass is 79.9. The molecule has 4 N–H and O–H groups in total. The van der Waals surface area contributed by atoms with E-state index in [2.05, 4.69) is 31.9 Å². The molecule has 0 aliphatic rings. The van der Waals surface area contributed by atoms with Crippen LogP contribution in [0.4, 0.5) is 11.4 Å². The van der Waals surface area contributed by atoms with E-state index in [1.807, 2.05) is 48.5 Å². The van der Waals surface area contributed by atoms with Gasteiger partial charge in [0.05, 0.1) is 9.79 Å². The molecule has 0 amide bonds. The van der Waals surface area contributed by atoms with Crippen molar-refractivity contribution in [1.82, 2.24) is 8.61 Å². The number of benzene rings is 4. The summed E-state index contributed by atoms with van der Waals surface area (Å²) in [5, 5.41) is 0. The molecule has 0 aliphatic heterocycles. The number of hydrogen-bond donors (Lipinski definition) is 2. The fourth-order valence-corrected chi connectivity index (χ4v) is 6.55. The van der Waals surface area contributed by atoms with E-state index in [1.165, 1.54) is 48.9 Å². The molecule has 0 heterocycles. The fraction of sp³-hybridized carbons (Fsp3) is 0.143. The van der Waals surface area contributed by atoms with E-state index < -0.39 is 20.0 Å². The van der Waals surface area contributed by atoms with Crippen LogP contribution in [0.2, 0.25) is 0 Å². The number of hydrogen-bond acceptors (Lipinski definition) is 6. The lowest BCUT2D eigenvalue weighted by Crippen LogP contribution is -2.22. The largest absolute Gasteiger partial charge is 0.398 e. The van der Waals surface area contributed by atoms with Crippen LogP contribution in [0.5, 0.6) is 0 Å². The SMILES string of the molecule is CN(C)S(=O)(=O)c1ccc(-c2ccccc2Br)c(N)c1.CN(C)S(=O)(=O)c1ccc(-c2ccccc2Br)c(N)c1.S. The third-order valence-corrected chi connectivity index (χ3v) is 10.9. The normalized spacial score (nSPS) is 11.5. The molecule has 0 saturated heterocycles. The summed E-state index contributed by atoms with van der Waals surface area (Å²) in [6.45, 7) is 0. The number of rotatable bonds is 6. The number of nitrogens with two attached hydrogens (primary N) is 2. The second kappa shape index (κ2) is 14.2. The van der Waals surface area contributed by atoms with Crippen molar-refractivity contribution >= 4 is 76.8 Å². The summed E-state index contributed by atoms with van der Waals surface area (Å²) in [4.78, 5) is 0.381. The van der Waals surface area contributed by atoms with Gasteiger partial charge in [-0.05, 0) is 47.5 Å². The van der Waals surface area contributed by atoms with Crippen LogP contribution in [0.3, 0.4) is 0 Å². The first-order chi connectivity index (χ1) is 18.7. The lowest BCUT2D eigenvalue weighted by atomic mass is 10.0. The van der Waals surface area contributed by atoms with Gasteiger partial charge in [-0.3, -0.25) is 0 Å². The van der Waals surface area contributed by atoms with Gasteiger partial charge in [-0.25, -0.2) is 25.4 Å². The predicted octanol–water partition coefficient (Wildman–Crippen LogP) is 6.01. The monoisotopic (exact) mass is 742 g/mol. The van der Waals surface area contributed by atoms with Crippen molar-refractivity contribution in [3.8, 4) is 22.3 Å². The zero-order valence-corrected chi connectivity index (χ0v) is 28.6. The number of nitrogens with zero attached hydrogens (tertiary/aromatic N) is 2. The first-order valence-corrected chi connectivity index (χ1v) is 16.3. The zero-order chi connectivity index (χ0) is 29.8. The fourth-order valence-electron chi connectivity index (χ4n) is 3.67. The van der Waals surface area contributed by atoms with Crippen molar-refractivity contribution < 1.29 is 16.8 Å². The predicted molar refractivity (Wildman–Crippen MR) is 180 cm³/mol. The zero-order valence-electron chi connectivity index (χ0n) is 22.8. The van der Waals surface area contributed by atoms with E-state index in [0.717, 1.165) is 31.2 Å². The van der Waals surface area contributed by atoms with Crippen LogP contribution in [0.1, 0.15) is 0 Å². The Morgan fingerprint density at radius 2 is 0.854 bits per heavy atom. The van der Waals surface area contributed by atoms with Gasteiger partial charge in [-0.1, -0.05) is 80.4 Å². The molecule has 4 aromatic rings. The molecule has 8 nitrogen and oxygen atoms in total. The number of halogens is 2. The molecule has 0 bridgehead atoms. The molecule has 0 aromatic heterocycles. The summed E-state index contributed by atoms with van der Waals surface area (Å²) >= 11 is 6.93. The molecule has 13 heteroatoms. The Kier molecular flexibility index (Phi) is 12.0. The van der Waals surface area contributed by atoms with Gasteiger partial charge in [0.25, 0.3) is 0 Å². The molecule has 0 spiro atoms. The van der Waals surface area contributed by atoms with Crippen molar-refractivity contribution in [1.29, 1.82) is 0 Å². The molecule has 0 unspecified atom stereocenters. The Labute approximate surface area is 266 Å². The minimum absolute atomic E-state index is 0. The highest BCUT2D eigenvalue weighted by Crippen LogP contribution is 2.35. The Hall–Kier alpha value is -2.39. The molecule has 0 radical (unpaired) electrons. The van der Waals surface area contributed by atoms with Gasteiger partial charge in [0.2, 0.25) is 20.0 Å². The van der Waals surface area contributed by atoms with Crippen LogP contribution in [0.15, 0.2) is 104 Å². The molecule has 4 aromatic carbocycles. The van der Waals surface area contributed by atoms with Gasteiger partial charge >= 0.3 is 0 Å². The lowest BCUT2D eigenvalue weighted by molar-refractivity contribution is 0.520. The Morgan fingerprint density at radius 1 is 0.537 bits per heavy atom. The smallest absolute Gasteiger partial charge is 0.242 e. The van der Waals surface area contributed by atoms with Gasteiger partial charge in [0.15, 0.2) is 0 Å². The Balaban J connectivity index is 0.000000280. The third kappa shape index (κ3) is 7.92. The van der Waals surface area contributed by atoms with Gasteiger partial charge in [-0.15, -0.1) is 0 Å². The van der Waals surface area contributed by atoms with E-state index in [1.54, 1.807) is 24.3 Å². The average Bonchev–Trinajstić information content (AvgIpc) is 2.90. The van der Waals surface area contributed by atoms with Gasteiger partial charge in [0, 0.05) is 59.6 Å². The summed E-state index contributed by atoms with van der Waals surface area (Å²) in [5.74, 6) is 0. The summed E-state index contributed by atoms with van der Waals surface area (Å²) in [6.07, 6.45) is 0. The van der Waals surface area contributed by atoms with Gasteiger partial charge < -0.3 is 11.5 Å². The molecule has 4 rings (SSSR count). The molecular weight excluding hydrogens is 712 g/mol. The van der Waals surface area contributed by atoms with Crippen LogP contribution in [-0.4, -0.2) is 53.6 Å². The molecule has 0 atom stereocenters. The van der Waals surface area contributed by atoms with Crippen molar-refractivity contribution in [2.75, 3.05) is 39.7 Å². The van der Waals surface area contributed by atoms with Crippen molar-refractivity contribution in [3.05, 3.63) is 93.9 Å². The Morgan fingerprint density at radius 3 is 1.12 bits per heavy atom. The molecule has 0 fully saturated rings.